The molecule has 0 radical (unpaired) electrons. The summed E-state index contributed by atoms with van der Waals surface area (Å²) < 4.78 is 26.7. The maximum Gasteiger partial charge on any atom is 0.211 e. The van der Waals surface area contributed by atoms with Crippen molar-refractivity contribution in [1.29, 1.82) is 0 Å². The van der Waals surface area contributed by atoms with Gasteiger partial charge in [-0.05, 0) is 111 Å². The van der Waals surface area contributed by atoms with Crippen LogP contribution in [0.15, 0.2) is 48.5 Å². The average Bonchev–Trinajstić information content (AvgIpc) is 3.46. The van der Waals surface area contributed by atoms with E-state index in [1.54, 1.807) is 6.07 Å². The Morgan fingerprint density at radius 1 is 0.956 bits per heavy atom. The van der Waals surface area contributed by atoms with Crippen molar-refractivity contribution in [2.45, 2.75) is 91.0 Å². The molecule has 2 atom stereocenters. The van der Waals surface area contributed by atoms with Gasteiger partial charge in [0.15, 0.2) is 0 Å². The maximum absolute atomic E-state index is 15.2. The number of likely N-dealkylation sites (tertiary alicyclic amines) is 1. The Hall–Kier alpha value is -3.42. The molecule has 1 saturated heterocycles. The van der Waals surface area contributed by atoms with E-state index < -0.39 is 0 Å². The van der Waals surface area contributed by atoms with E-state index in [0.29, 0.717) is 37.6 Å². The van der Waals surface area contributed by atoms with E-state index in [9.17, 15) is 4.79 Å². The molecule has 0 bridgehead atoms. The number of benzene rings is 3. The summed E-state index contributed by atoms with van der Waals surface area (Å²) in [5.74, 6) is 2.14. The highest BCUT2D eigenvalue weighted by atomic mass is 19.1. The summed E-state index contributed by atoms with van der Waals surface area (Å²) in [6.45, 7) is 14.0. The standard InChI is InChI=1S/C26H35FN2O2.C12H17NO/c1-3-29-17-21(15-24(29)18-8-10-22(11-9-18)31-13-12-28)20-14-23(27)26(19-6-5-7-19)25(16-20)30-4-2;1-4-10-6-9(3)7-11(5-2)12(10)13-8-14/h8-11,14,16,19,21,24H,3-7,12-13,15,17,28H2,1-2H3;6-8H,4-5H2,1-3H3,(H,13,14)/t21-,24-;/m1./s1. The van der Waals surface area contributed by atoms with Crippen molar-refractivity contribution in [2.24, 2.45) is 5.73 Å². The van der Waals surface area contributed by atoms with Gasteiger partial charge in [-0.15, -0.1) is 0 Å². The number of amides is 1. The smallest absolute Gasteiger partial charge is 0.211 e. The molecule has 1 aliphatic heterocycles. The molecule has 2 aliphatic rings. The normalized spacial score (nSPS) is 18.1. The molecule has 0 unspecified atom stereocenters. The predicted molar refractivity (Wildman–Crippen MR) is 182 cm³/mol. The lowest BCUT2D eigenvalue weighted by Crippen LogP contribution is -2.23. The third kappa shape index (κ3) is 8.44. The number of nitrogens with one attached hydrogen (secondary N) is 1. The van der Waals surface area contributed by atoms with E-state index in [4.69, 9.17) is 15.2 Å². The van der Waals surface area contributed by atoms with Gasteiger partial charge in [0.05, 0.1) is 6.61 Å². The Bertz CT molecular complexity index is 1360. The highest BCUT2D eigenvalue weighted by Gasteiger charge is 2.35. The minimum atomic E-state index is -0.0847. The second-order valence-electron chi connectivity index (χ2n) is 12.1. The van der Waals surface area contributed by atoms with Crippen LogP contribution in [-0.4, -0.2) is 44.2 Å². The topological polar surface area (TPSA) is 76.8 Å². The Morgan fingerprint density at radius 2 is 1.64 bits per heavy atom. The van der Waals surface area contributed by atoms with Gasteiger partial charge in [-0.3, -0.25) is 9.69 Å². The van der Waals surface area contributed by atoms with Gasteiger partial charge in [-0.25, -0.2) is 4.39 Å². The molecule has 0 aromatic heterocycles. The SMILES string of the molecule is CCOc1cc([C@@H]2C[C@H](c3ccc(OCCN)cc3)N(CC)C2)cc(F)c1C1CCC1.CCc1cc(C)cc(CC)c1NC=O. The first-order chi connectivity index (χ1) is 21.9. The van der Waals surface area contributed by atoms with Crippen molar-refractivity contribution in [2.75, 3.05) is 38.2 Å². The van der Waals surface area contributed by atoms with E-state index in [1.165, 1.54) is 28.7 Å². The monoisotopic (exact) mass is 617 g/mol. The van der Waals surface area contributed by atoms with Gasteiger partial charge < -0.3 is 20.5 Å². The van der Waals surface area contributed by atoms with Crippen LogP contribution in [-0.2, 0) is 17.6 Å². The second kappa shape index (κ2) is 16.8. The van der Waals surface area contributed by atoms with Crippen molar-refractivity contribution in [3.8, 4) is 11.5 Å². The molecular weight excluding hydrogens is 565 g/mol. The first kappa shape index (κ1) is 34.5. The summed E-state index contributed by atoms with van der Waals surface area (Å²) in [6, 6.07) is 16.8. The molecule has 3 aromatic carbocycles. The van der Waals surface area contributed by atoms with E-state index in [1.807, 2.05) is 19.1 Å². The van der Waals surface area contributed by atoms with Crippen LogP contribution in [0.4, 0.5) is 10.1 Å². The zero-order valence-corrected chi connectivity index (χ0v) is 27.8. The highest BCUT2D eigenvalue weighted by Crippen LogP contribution is 2.46. The lowest BCUT2D eigenvalue weighted by Gasteiger charge is -2.28. The van der Waals surface area contributed by atoms with Crippen LogP contribution in [0, 0.1) is 12.7 Å². The van der Waals surface area contributed by atoms with Crippen LogP contribution in [0.2, 0.25) is 0 Å². The van der Waals surface area contributed by atoms with Gasteiger partial charge >= 0.3 is 0 Å². The van der Waals surface area contributed by atoms with E-state index in [0.717, 1.165) is 79.9 Å². The van der Waals surface area contributed by atoms with Crippen LogP contribution in [0.3, 0.4) is 0 Å². The Labute approximate surface area is 269 Å². The van der Waals surface area contributed by atoms with Crippen LogP contribution >= 0.6 is 0 Å². The zero-order chi connectivity index (χ0) is 32.3. The summed E-state index contributed by atoms with van der Waals surface area (Å²) in [7, 11) is 0. The van der Waals surface area contributed by atoms with Gasteiger partial charge in [0.1, 0.15) is 23.9 Å². The van der Waals surface area contributed by atoms with Crippen molar-refractivity contribution < 1.29 is 18.7 Å². The summed E-state index contributed by atoms with van der Waals surface area (Å²) in [5, 5.41) is 2.79. The second-order valence-corrected chi connectivity index (χ2v) is 12.1. The molecule has 1 aliphatic carbocycles. The molecule has 0 spiro atoms. The number of aryl methyl sites for hydroxylation is 3. The molecule has 5 rings (SSSR count). The molecule has 2 fully saturated rings. The van der Waals surface area contributed by atoms with Gasteiger partial charge in [0, 0.05) is 30.4 Å². The number of likely N-dealkylation sites (N-methyl/N-ethyl adjacent to an activating group) is 1. The minimum Gasteiger partial charge on any atom is -0.493 e. The number of nitrogens with two attached hydrogens (primary N) is 1. The molecule has 7 heteroatoms. The number of carbonyl (C=O) groups is 1. The quantitative estimate of drug-likeness (QED) is 0.190. The molecule has 45 heavy (non-hydrogen) atoms. The molecule has 244 valence electrons. The zero-order valence-electron chi connectivity index (χ0n) is 27.8. The summed E-state index contributed by atoms with van der Waals surface area (Å²) >= 11 is 0. The first-order valence-corrected chi connectivity index (χ1v) is 16.8. The maximum atomic E-state index is 15.2. The summed E-state index contributed by atoms with van der Waals surface area (Å²) in [5.41, 5.74) is 13.4. The third-order valence-electron chi connectivity index (χ3n) is 9.27. The largest absolute Gasteiger partial charge is 0.493 e. The lowest BCUT2D eigenvalue weighted by atomic mass is 9.78. The number of nitrogens with zero attached hydrogens (tertiary/aromatic N) is 1. The Kier molecular flexibility index (Phi) is 12.8. The fourth-order valence-corrected chi connectivity index (χ4v) is 6.76. The highest BCUT2D eigenvalue weighted by molar-refractivity contribution is 5.76. The third-order valence-corrected chi connectivity index (χ3v) is 9.27. The van der Waals surface area contributed by atoms with Crippen molar-refractivity contribution >= 4 is 12.1 Å². The number of carbonyl (C=O) groups excluding carboxylic acids is 1. The molecule has 1 amide bonds. The van der Waals surface area contributed by atoms with Crippen molar-refractivity contribution in [1.82, 2.24) is 4.90 Å². The summed E-state index contributed by atoms with van der Waals surface area (Å²) in [6.07, 6.45) is 6.94. The van der Waals surface area contributed by atoms with Crippen molar-refractivity contribution in [3.05, 3.63) is 87.7 Å². The van der Waals surface area contributed by atoms with Gasteiger partial charge in [0.25, 0.3) is 0 Å². The molecular formula is C38H52FN3O3. The Morgan fingerprint density at radius 3 is 2.18 bits per heavy atom. The number of hydrogen-bond donors (Lipinski definition) is 2. The van der Waals surface area contributed by atoms with Crippen molar-refractivity contribution in [3.63, 3.8) is 0 Å². The average molecular weight is 618 g/mol. The van der Waals surface area contributed by atoms with Crippen LogP contribution in [0.25, 0.3) is 0 Å². The lowest BCUT2D eigenvalue weighted by molar-refractivity contribution is -0.105. The fourth-order valence-electron chi connectivity index (χ4n) is 6.76. The van der Waals surface area contributed by atoms with Gasteiger partial charge in [0.2, 0.25) is 6.41 Å². The van der Waals surface area contributed by atoms with Crippen LogP contribution < -0.4 is 20.5 Å². The number of halogens is 1. The Balaban J connectivity index is 0.000000276. The predicted octanol–water partition coefficient (Wildman–Crippen LogP) is 8.07. The van der Waals surface area contributed by atoms with Crippen LogP contribution in [0.1, 0.15) is 105 Å². The first-order valence-electron chi connectivity index (χ1n) is 16.8. The molecule has 3 aromatic rings. The number of hydrogen-bond acceptors (Lipinski definition) is 5. The number of rotatable bonds is 13. The summed E-state index contributed by atoms with van der Waals surface area (Å²) in [4.78, 5) is 13.0. The van der Waals surface area contributed by atoms with Crippen LogP contribution in [0.5, 0.6) is 11.5 Å². The van der Waals surface area contributed by atoms with Gasteiger partial charge in [-0.2, -0.15) is 0 Å². The number of ether oxygens (including phenoxy) is 2. The van der Waals surface area contributed by atoms with Gasteiger partial charge in [-0.1, -0.05) is 57.0 Å². The molecule has 3 N–H and O–H groups in total. The number of anilines is 1. The molecule has 6 nitrogen and oxygen atoms in total. The van der Waals surface area contributed by atoms with E-state index in [2.05, 4.69) is 68.2 Å². The fraction of sp³-hybridized carbons (Fsp3) is 0.500. The van der Waals surface area contributed by atoms with E-state index in [-0.39, 0.29) is 5.82 Å². The molecule has 1 saturated carbocycles. The molecule has 1 heterocycles. The van der Waals surface area contributed by atoms with E-state index >= 15 is 4.39 Å². The minimum absolute atomic E-state index is 0.0847.